The van der Waals surface area contributed by atoms with E-state index in [0.717, 1.165) is 31.4 Å². The van der Waals surface area contributed by atoms with E-state index in [1.807, 2.05) is 18.2 Å². The van der Waals surface area contributed by atoms with Crippen molar-refractivity contribution in [2.75, 3.05) is 13.1 Å². The van der Waals surface area contributed by atoms with Gasteiger partial charge in [0.2, 0.25) is 0 Å². The Kier molecular flexibility index (Phi) is 6.28. The van der Waals surface area contributed by atoms with Gasteiger partial charge in [-0.05, 0) is 55.8 Å². The third kappa shape index (κ3) is 5.09. The number of hydrogen-bond acceptors (Lipinski definition) is 6. The standard InChI is InChI=1S/C22H24FN5O3/c23-17-5-3-15(4-6-17)16-8-19(28-7-1-2-18(13-28)27-22(29)30)20(9-16)31-21-25-11-14(10-24)12-26-21/h3-6,11-12,16,18-20,27H,1-2,7-9,13H2,(H,29,30)/t16-,18-,19+,20+/m1/s1. The first-order valence-corrected chi connectivity index (χ1v) is 10.4. The Labute approximate surface area is 179 Å². The third-order valence-electron chi connectivity index (χ3n) is 6.08. The molecule has 1 amide bonds. The van der Waals surface area contributed by atoms with Gasteiger partial charge in [0.05, 0.1) is 18.0 Å². The second-order valence-corrected chi connectivity index (χ2v) is 8.09. The molecule has 1 aromatic heterocycles. The lowest BCUT2D eigenvalue weighted by Crippen LogP contribution is -2.53. The number of rotatable bonds is 5. The van der Waals surface area contributed by atoms with Crippen molar-refractivity contribution < 1.29 is 19.0 Å². The maximum Gasteiger partial charge on any atom is 0.404 e. The highest BCUT2D eigenvalue weighted by Crippen LogP contribution is 2.39. The van der Waals surface area contributed by atoms with Gasteiger partial charge in [0.25, 0.3) is 0 Å². The lowest BCUT2D eigenvalue weighted by Gasteiger charge is -2.38. The summed E-state index contributed by atoms with van der Waals surface area (Å²) in [5, 5.41) is 20.6. The number of hydrogen-bond donors (Lipinski definition) is 2. The first-order valence-electron chi connectivity index (χ1n) is 10.4. The van der Waals surface area contributed by atoms with Crippen molar-refractivity contribution in [2.45, 2.75) is 49.8 Å². The largest absolute Gasteiger partial charge is 0.465 e. The minimum Gasteiger partial charge on any atom is -0.465 e. The van der Waals surface area contributed by atoms with Gasteiger partial charge in [-0.1, -0.05) is 12.1 Å². The SMILES string of the molecule is N#Cc1cnc(O[C@H]2C[C@H](c3ccc(F)cc3)C[C@@H]2N2CCC[C@@H](NC(=O)O)C2)nc1. The highest BCUT2D eigenvalue weighted by atomic mass is 19.1. The fourth-order valence-electron chi connectivity index (χ4n) is 4.67. The van der Waals surface area contributed by atoms with Crippen LogP contribution >= 0.6 is 0 Å². The van der Waals surface area contributed by atoms with E-state index in [1.54, 1.807) is 0 Å². The van der Waals surface area contributed by atoms with E-state index in [0.29, 0.717) is 18.5 Å². The van der Waals surface area contributed by atoms with Crippen LogP contribution in [0.1, 0.15) is 42.7 Å². The van der Waals surface area contributed by atoms with Crippen LogP contribution in [-0.4, -0.2) is 57.3 Å². The number of nitrogens with one attached hydrogen (secondary N) is 1. The molecule has 8 nitrogen and oxygen atoms in total. The van der Waals surface area contributed by atoms with Gasteiger partial charge in [0, 0.05) is 18.6 Å². The average Bonchev–Trinajstić information content (AvgIpc) is 3.18. The Morgan fingerprint density at radius 1 is 1.26 bits per heavy atom. The van der Waals surface area contributed by atoms with Gasteiger partial charge in [0.15, 0.2) is 0 Å². The topological polar surface area (TPSA) is 111 Å². The van der Waals surface area contributed by atoms with Crippen LogP contribution in [0.2, 0.25) is 0 Å². The summed E-state index contributed by atoms with van der Waals surface area (Å²) < 4.78 is 19.5. The van der Waals surface area contributed by atoms with Crippen molar-refractivity contribution in [2.24, 2.45) is 0 Å². The Morgan fingerprint density at radius 2 is 2.00 bits per heavy atom. The molecule has 2 fully saturated rings. The van der Waals surface area contributed by atoms with Gasteiger partial charge in [-0.25, -0.2) is 19.2 Å². The zero-order valence-corrected chi connectivity index (χ0v) is 16.9. The Bertz CT molecular complexity index is 947. The number of aromatic nitrogens is 2. The highest BCUT2D eigenvalue weighted by molar-refractivity contribution is 5.64. The van der Waals surface area contributed by atoms with E-state index >= 15 is 0 Å². The number of carbonyl (C=O) groups is 1. The van der Waals surface area contributed by atoms with Crippen molar-refractivity contribution in [3.05, 3.63) is 53.6 Å². The first-order chi connectivity index (χ1) is 15.0. The molecule has 2 aromatic rings. The van der Waals surface area contributed by atoms with E-state index in [9.17, 15) is 9.18 Å². The number of amides is 1. The molecule has 0 spiro atoms. The Morgan fingerprint density at radius 3 is 2.68 bits per heavy atom. The molecule has 162 valence electrons. The molecular weight excluding hydrogens is 401 g/mol. The molecule has 1 aromatic carbocycles. The maximum absolute atomic E-state index is 13.4. The molecule has 2 aliphatic rings. The van der Waals surface area contributed by atoms with Crippen LogP contribution in [0.3, 0.4) is 0 Å². The number of benzene rings is 1. The smallest absolute Gasteiger partial charge is 0.404 e. The van der Waals surface area contributed by atoms with Crippen molar-refractivity contribution >= 4 is 6.09 Å². The van der Waals surface area contributed by atoms with Crippen molar-refractivity contribution in [3.63, 3.8) is 0 Å². The Hall–Kier alpha value is -3.25. The monoisotopic (exact) mass is 425 g/mol. The molecule has 4 rings (SSSR count). The lowest BCUT2D eigenvalue weighted by molar-refractivity contribution is 0.0581. The number of nitrogens with zero attached hydrogens (tertiary/aromatic N) is 4. The minimum absolute atomic E-state index is 0.0488. The summed E-state index contributed by atoms with van der Waals surface area (Å²) in [7, 11) is 0. The summed E-state index contributed by atoms with van der Waals surface area (Å²) in [4.78, 5) is 21.7. The molecule has 4 atom stereocenters. The predicted octanol–water partition coefficient (Wildman–Crippen LogP) is 2.91. The summed E-state index contributed by atoms with van der Waals surface area (Å²) in [5.74, 6) is -0.0857. The van der Waals surface area contributed by atoms with Gasteiger partial charge in [-0.3, -0.25) is 4.90 Å². The zero-order valence-electron chi connectivity index (χ0n) is 16.9. The third-order valence-corrected chi connectivity index (χ3v) is 6.08. The van der Waals surface area contributed by atoms with Crippen LogP contribution in [0, 0.1) is 17.1 Å². The number of piperidine rings is 1. The molecule has 1 saturated carbocycles. The molecule has 0 radical (unpaired) electrons. The average molecular weight is 425 g/mol. The molecule has 1 aliphatic carbocycles. The number of ether oxygens (including phenoxy) is 1. The van der Waals surface area contributed by atoms with Crippen molar-refractivity contribution in [1.82, 2.24) is 20.2 Å². The second kappa shape index (κ2) is 9.27. The van der Waals surface area contributed by atoms with Gasteiger partial charge in [-0.2, -0.15) is 5.26 Å². The summed E-state index contributed by atoms with van der Waals surface area (Å²) in [6, 6.07) is 8.68. The molecule has 0 bridgehead atoms. The first kappa shape index (κ1) is 21.0. The molecule has 31 heavy (non-hydrogen) atoms. The van der Waals surface area contributed by atoms with Crippen LogP contribution in [-0.2, 0) is 0 Å². The number of carboxylic acid groups (broad SMARTS) is 1. The van der Waals surface area contributed by atoms with Crippen LogP contribution in [0.4, 0.5) is 9.18 Å². The van der Waals surface area contributed by atoms with Crippen LogP contribution < -0.4 is 10.1 Å². The predicted molar refractivity (Wildman–Crippen MR) is 109 cm³/mol. The molecule has 2 heterocycles. The number of nitriles is 1. The van der Waals surface area contributed by atoms with Gasteiger partial charge in [0.1, 0.15) is 18.0 Å². The van der Waals surface area contributed by atoms with E-state index in [2.05, 4.69) is 20.2 Å². The van der Waals surface area contributed by atoms with Gasteiger partial charge in [-0.15, -0.1) is 0 Å². The van der Waals surface area contributed by atoms with Crippen molar-refractivity contribution in [1.29, 1.82) is 5.26 Å². The molecule has 1 aliphatic heterocycles. The lowest BCUT2D eigenvalue weighted by atomic mass is 9.97. The fourth-order valence-corrected chi connectivity index (χ4v) is 4.67. The van der Waals surface area contributed by atoms with E-state index in [4.69, 9.17) is 15.1 Å². The summed E-state index contributed by atoms with van der Waals surface area (Å²) in [6.07, 6.45) is 4.87. The second-order valence-electron chi connectivity index (χ2n) is 8.09. The van der Waals surface area contributed by atoms with Crippen LogP contribution in [0.25, 0.3) is 0 Å². The normalized spacial score (nSPS) is 26.2. The van der Waals surface area contributed by atoms with Crippen molar-refractivity contribution in [3.8, 4) is 12.1 Å². The van der Waals surface area contributed by atoms with Gasteiger partial charge >= 0.3 is 12.1 Å². The Balaban J connectivity index is 1.53. The van der Waals surface area contributed by atoms with Crippen LogP contribution in [0.5, 0.6) is 6.01 Å². The quantitative estimate of drug-likeness (QED) is 0.758. The fraction of sp³-hybridized carbons (Fsp3) is 0.455. The summed E-state index contributed by atoms with van der Waals surface area (Å²) >= 11 is 0. The van der Waals surface area contributed by atoms with Gasteiger partial charge < -0.3 is 15.2 Å². The van der Waals surface area contributed by atoms with E-state index in [-0.39, 0.29) is 35.9 Å². The molecule has 1 saturated heterocycles. The number of likely N-dealkylation sites (tertiary alicyclic amines) is 1. The summed E-state index contributed by atoms with van der Waals surface area (Å²) in [5.41, 5.74) is 1.41. The molecule has 2 N–H and O–H groups in total. The minimum atomic E-state index is -1.01. The molecule has 9 heteroatoms. The maximum atomic E-state index is 13.4. The van der Waals surface area contributed by atoms with Crippen LogP contribution in [0.15, 0.2) is 36.7 Å². The molecule has 0 unspecified atom stereocenters. The molecular formula is C22H24FN5O3. The zero-order chi connectivity index (χ0) is 21.8. The summed E-state index contributed by atoms with van der Waals surface area (Å²) in [6.45, 7) is 1.47. The van der Waals surface area contributed by atoms with E-state index in [1.165, 1.54) is 24.5 Å². The van der Waals surface area contributed by atoms with E-state index < -0.39 is 6.09 Å². The highest BCUT2D eigenvalue weighted by Gasteiger charge is 2.41. The number of halogens is 1.